The van der Waals surface area contributed by atoms with Crippen LogP contribution in [0.4, 0.5) is 27.6 Å². The van der Waals surface area contributed by atoms with Gasteiger partial charge in [-0.05, 0) is 36.8 Å². The number of anilines is 1. The van der Waals surface area contributed by atoms with Gasteiger partial charge >= 0.3 is 6.18 Å². The largest absolute Gasteiger partial charge is 0.416 e. The first-order valence-electron chi connectivity index (χ1n) is 6.15. The van der Waals surface area contributed by atoms with Crippen LogP contribution in [0, 0.1) is 11.6 Å². The lowest BCUT2D eigenvalue weighted by Crippen LogP contribution is -2.09. The van der Waals surface area contributed by atoms with Crippen molar-refractivity contribution in [1.29, 1.82) is 0 Å². The molecular weight excluding hydrogens is 289 g/mol. The third-order valence-corrected chi connectivity index (χ3v) is 2.98. The topological polar surface area (TPSA) is 12.0 Å². The number of hydrogen-bond acceptors (Lipinski definition) is 1. The van der Waals surface area contributed by atoms with Crippen LogP contribution in [-0.2, 0) is 6.18 Å². The SMILES string of the molecule is CC(Nc1cc(F)cc(F)c1)c1ccc(C(F)(F)F)cc1. The molecule has 0 amide bonds. The van der Waals surface area contributed by atoms with Crippen molar-refractivity contribution < 1.29 is 22.0 Å². The summed E-state index contributed by atoms with van der Waals surface area (Å²) < 4.78 is 63.5. The van der Waals surface area contributed by atoms with Crippen LogP contribution in [0.5, 0.6) is 0 Å². The Bertz CT molecular complexity index is 599. The molecule has 0 saturated carbocycles. The van der Waals surface area contributed by atoms with Crippen molar-refractivity contribution in [1.82, 2.24) is 0 Å². The molecule has 2 aromatic rings. The predicted octanol–water partition coefficient (Wildman–Crippen LogP) is 5.16. The molecule has 0 aliphatic carbocycles. The maximum atomic E-state index is 13.1. The number of halogens is 5. The van der Waals surface area contributed by atoms with Gasteiger partial charge in [-0.2, -0.15) is 13.2 Å². The maximum Gasteiger partial charge on any atom is 0.416 e. The number of nitrogens with one attached hydrogen (secondary N) is 1. The Morgan fingerprint density at radius 2 is 1.43 bits per heavy atom. The summed E-state index contributed by atoms with van der Waals surface area (Å²) in [6.45, 7) is 1.69. The number of rotatable bonds is 3. The third kappa shape index (κ3) is 3.93. The second-order valence-corrected chi connectivity index (χ2v) is 4.64. The van der Waals surface area contributed by atoms with Crippen LogP contribution in [0.15, 0.2) is 42.5 Å². The van der Waals surface area contributed by atoms with Crippen molar-refractivity contribution in [3.63, 3.8) is 0 Å². The maximum absolute atomic E-state index is 13.1. The average molecular weight is 301 g/mol. The Balaban J connectivity index is 2.15. The van der Waals surface area contributed by atoms with Crippen molar-refractivity contribution in [2.45, 2.75) is 19.1 Å². The summed E-state index contributed by atoms with van der Waals surface area (Å²) in [4.78, 5) is 0. The van der Waals surface area contributed by atoms with E-state index in [-0.39, 0.29) is 5.69 Å². The molecule has 1 nitrogen and oxygen atoms in total. The normalized spacial score (nSPS) is 13.0. The van der Waals surface area contributed by atoms with E-state index in [1.807, 2.05) is 0 Å². The minimum Gasteiger partial charge on any atom is -0.378 e. The fraction of sp³-hybridized carbons (Fsp3) is 0.200. The molecule has 2 aromatic carbocycles. The smallest absolute Gasteiger partial charge is 0.378 e. The lowest BCUT2D eigenvalue weighted by molar-refractivity contribution is -0.137. The molecule has 0 aliphatic heterocycles. The quantitative estimate of drug-likeness (QED) is 0.772. The van der Waals surface area contributed by atoms with E-state index in [1.54, 1.807) is 6.92 Å². The van der Waals surface area contributed by atoms with Crippen molar-refractivity contribution in [2.75, 3.05) is 5.32 Å². The molecule has 0 aliphatic rings. The van der Waals surface area contributed by atoms with E-state index in [4.69, 9.17) is 0 Å². The van der Waals surface area contributed by atoms with Crippen LogP contribution < -0.4 is 5.32 Å². The van der Waals surface area contributed by atoms with E-state index < -0.39 is 29.4 Å². The molecule has 0 fully saturated rings. The molecule has 2 rings (SSSR count). The van der Waals surface area contributed by atoms with Gasteiger partial charge in [0.15, 0.2) is 0 Å². The molecule has 1 N–H and O–H groups in total. The van der Waals surface area contributed by atoms with Gasteiger partial charge in [0, 0.05) is 17.8 Å². The molecule has 0 spiro atoms. The molecule has 21 heavy (non-hydrogen) atoms. The van der Waals surface area contributed by atoms with E-state index in [0.717, 1.165) is 30.3 Å². The van der Waals surface area contributed by atoms with Crippen molar-refractivity contribution in [3.05, 3.63) is 65.2 Å². The first-order valence-corrected chi connectivity index (χ1v) is 6.15. The minimum absolute atomic E-state index is 0.222. The summed E-state index contributed by atoms with van der Waals surface area (Å²) >= 11 is 0. The van der Waals surface area contributed by atoms with E-state index in [0.29, 0.717) is 5.56 Å². The highest BCUT2D eigenvalue weighted by atomic mass is 19.4. The number of hydrogen-bond donors (Lipinski definition) is 1. The zero-order valence-electron chi connectivity index (χ0n) is 11.0. The zero-order chi connectivity index (χ0) is 15.6. The molecule has 112 valence electrons. The molecule has 0 aromatic heterocycles. The fourth-order valence-electron chi connectivity index (χ4n) is 1.93. The van der Waals surface area contributed by atoms with E-state index in [1.165, 1.54) is 12.1 Å². The number of benzene rings is 2. The second-order valence-electron chi connectivity index (χ2n) is 4.64. The van der Waals surface area contributed by atoms with Crippen LogP contribution in [0.2, 0.25) is 0 Å². The van der Waals surface area contributed by atoms with Crippen molar-refractivity contribution >= 4 is 5.69 Å². The molecule has 0 bridgehead atoms. The van der Waals surface area contributed by atoms with Crippen molar-refractivity contribution in [2.24, 2.45) is 0 Å². The van der Waals surface area contributed by atoms with Gasteiger partial charge < -0.3 is 5.32 Å². The van der Waals surface area contributed by atoms with Gasteiger partial charge in [0.1, 0.15) is 11.6 Å². The highest BCUT2D eigenvalue weighted by molar-refractivity contribution is 5.46. The van der Waals surface area contributed by atoms with Gasteiger partial charge in [-0.1, -0.05) is 12.1 Å². The number of alkyl halides is 3. The summed E-state index contributed by atoms with van der Waals surface area (Å²) in [5, 5.41) is 2.84. The minimum atomic E-state index is -4.39. The molecule has 0 heterocycles. The summed E-state index contributed by atoms with van der Waals surface area (Å²) in [5.41, 5.74) is 0.0582. The summed E-state index contributed by atoms with van der Waals surface area (Å²) in [7, 11) is 0. The highest BCUT2D eigenvalue weighted by Crippen LogP contribution is 2.30. The van der Waals surface area contributed by atoms with Crippen molar-refractivity contribution in [3.8, 4) is 0 Å². The lowest BCUT2D eigenvalue weighted by Gasteiger charge is -2.17. The molecule has 1 atom stereocenters. The first kappa shape index (κ1) is 15.3. The van der Waals surface area contributed by atoms with Gasteiger partial charge in [-0.15, -0.1) is 0 Å². The average Bonchev–Trinajstić information content (AvgIpc) is 2.36. The van der Waals surface area contributed by atoms with E-state index in [9.17, 15) is 22.0 Å². The van der Waals surface area contributed by atoms with Gasteiger partial charge in [-0.25, -0.2) is 8.78 Å². The highest BCUT2D eigenvalue weighted by Gasteiger charge is 2.30. The summed E-state index contributed by atoms with van der Waals surface area (Å²) in [6.07, 6.45) is -4.39. The fourth-order valence-corrected chi connectivity index (χ4v) is 1.93. The molecule has 1 unspecified atom stereocenters. The molecule has 6 heteroatoms. The molecular formula is C15H12F5N. The third-order valence-electron chi connectivity index (χ3n) is 2.98. The van der Waals surface area contributed by atoms with Gasteiger partial charge in [0.2, 0.25) is 0 Å². The lowest BCUT2D eigenvalue weighted by atomic mass is 10.1. The van der Waals surface area contributed by atoms with Gasteiger partial charge in [0.05, 0.1) is 5.56 Å². The Labute approximate surface area is 118 Å². The first-order chi connectivity index (χ1) is 9.75. The van der Waals surface area contributed by atoms with Crippen LogP contribution in [0.1, 0.15) is 24.1 Å². The van der Waals surface area contributed by atoms with Crippen LogP contribution >= 0.6 is 0 Å². The standard InChI is InChI=1S/C15H12F5N/c1-9(21-14-7-12(16)6-13(17)8-14)10-2-4-11(5-3-10)15(18,19)20/h2-9,21H,1H3. The van der Waals surface area contributed by atoms with Crippen LogP contribution in [-0.4, -0.2) is 0 Å². The van der Waals surface area contributed by atoms with Gasteiger partial charge in [-0.3, -0.25) is 0 Å². The second kappa shape index (κ2) is 5.71. The predicted molar refractivity (Wildman–Crippen MR) is 69.8 cm³/mol. The Kier molecular flexibility index (Phi) is 4.16. The van der Waals surface area contributed by atoms with Gasteiger partial charge in [0.25, 0.3) is 0 Å². The zero-order valence-corrected chi connectivity index (χ0v) is 11.0. The molecule has 0 radical (unpaired) electrons. The summed E-state index contributed by atoms with van der Waals surface area (Å²) in [5.74, 6) is -1.45. The van der Waals surface area contributed by atoms with E-state index >= 15 is 0 Å². The van der Waals surface area contributed by atoms with Crippen LogP contribution in [0.3, 0.4) is 0 Å². The monoisotopic (exact) mass is 301 g/mol. The van der Waals surface area contributed by atoms with Crippen LogP contribution in [0.25, 0.3) is 0 Å². The summed E-state index contributed by atoms with van der Waals surface area (Å²) in [6, 6.07) is 7.18. The Morgan fingerprint density at radius 1 is 0.905 bits per heavy atom. The Hall–Kier alpha value is -2.11. The molecule has 0 saturated heterocycles. The van der Waals surface area contributed by atoms with E-state index in [2.05, 4.69) is 5.32 Å². The Morgan fingerprint density at radius 3 is 1.90 bits per heavy atom.